The Kier molecular flexibility index (Phi) is 3.80. The molecule has 3 nitrogen and oxygen atoms in total. The van der Waals surface area contributed by atoms with Crippen LogP contribution in [0.3, 0.4) is 0 Å². The molecule has 0 amide bonds. The van der Waals surface area contributed by atoms with Gasteiger partial charge in [-0.3, -0.25) is 0 Å². The van der Waals surface area contributed by atoms with Crippen molar-refractivity contribution in [1.29, 1.82) is 0 Å². The summed E-state index contributed by atoms with van der Waals surface area (Å²) in [6.45, 7) is 4.24. The van der Waals surface area contributed by atoms with Gasteiger partial charge in [0.2, 0.25) is 0 Å². The fourth-order valence-electron chi connectivity index (χ4n) is 2.41. The van der Waals surface area contributed by atoms with Crippen LogP contribution in [0.4, 0.5) is 5.82 Å². The SMILES string of the molecule is CC(C)c1nc(-c2cccc3ccccc23)nc(N)c1I. The third-order valence-electron chi connectivity index (χ3n) is 3.48. The quantitative estimate of drug-likeness (QED) is 0.652. The van der Waals surface area contributed by atoms with Gasteiger partial charge in [0.25, 0.3) is 0 Å². The Morgan fingerprint density at radius 3 is 2.48 bits per heavy atom. The number of nitrogen functional groups attached to an aromatic ring is 1. The molecule has 4 heteroatoms. The third-order valence-corrected chi connectivity index (χ3v) is 4.59. The summed E-state index contributed by atoms with van der Waals surface area (Å²) in [4.78, 5) is 9.25. The molecule has 0 unspecified atom stereocenters. The lowest BCUT2D eigenvalue weighted by Gasteiger charge is -2.12. The first-order chi connectivity index (χ1) is 10.1. The zero-order valence-corrected chi connectivity index (χ0v) is 14.1. The zero-order valence-electron chi connectivity index (χ0n) is 12.0. The Balaban J connectivity index is 2.28. The minimum atomic E-state index is 0.316. The van der Waals surface area contributed by atoms with E-state index >= 15 is 0 Å². The average molecular weight is 389 g/mol. The maximum absolute atomic E-state index is 6.08. The molecule has 106 valence electrons. The van der Waals surface area contributed by atoms with E-state index in [1.807, 2.05) is 24.3 Å². The van der Waals surface area contributed by atoms with Crippen molar-refractivity contribution in [3.8, 4) is 11.4 Å². The average Bonchev–Trinajstić information content (AvgIpc) is 2.49. The standard InChI is InChI=1S/C17H16IN3/c1-10(2)15-14(18)16(19)21-17(20-15)13-9-5-7-11-6-3-4-8-12(11)13/h3-10H,1-2H3,(H2,19,20,21). The molecule has 3 rings (SSSR count). The highest BCUT2D eigenvalue weighted by molar-refractivity contribution is 14.1. The molecule has 2 aromatic carbocycles. The van der Waals surface area contributed by atoms with Crippen LogP contribution in [0.1, 0.15) is 25.5 Å². The first kappa shape index (κ1) is 14.3. The van der Waals surface area contributed by atoms with Crippen LogP contribution in [-0.4, -0.2) is 9.97 Å². The van der Waals surface area contributed by atoms with Gasteiger partial charge in [-0.2, -0.15) is 0 Å². The van der Waals surface area contributed by atoms with E-state index in [0.29, 0.717) is 17.6 Å². The van der Waals surface area contributed by atoms with E-state index in [1.165, 1.54) is 5.39 Å². The summed E-state index contributed by atoms with van der Waals surface area (Å²) in [6.07, 6.45) is 0. The molecule has 0 aliphatic carbocycles. The van der Waals surface area contributed by atoms with E-state index in [4.69, 9.17) is 10.7 Å². The smallest absolute Gasteiger partial charge is 0.162 e. The number of rotatable bonds is 2. The molecule has 3 aromatic rings. The number of halogens is 1. The van der Waals surface area contributed by atoms with Crippen LogP contribution < -0.4 is 5.73 Å². The Labute approximate surface area is 137 Å². The van der Waals surface area contributed by atoms with Crippen molar-refractivity contribution in [3.63, 3.8) is 0 Å². The predicted octanol–water partition coefficient (Wildman–Crippen LogP) is 4.61. The molecular formula is C17H16IN3. The second-order valence-electron chi connectivity index (χ2n) is 5.31. The second kappa shape index (κ2) is 5.60. The minimum absolute atomic E-state index is 0.316. The van der Waals surface area contributed by atoms with Crippen molar-refractivity contribution < 1.29 is 0 Å². The molecule has 0 aliphatic heterocycles. The molecule has 0 radical (unpaired) electrons. The normalized spacial score (nSPS) is 11.2. The third kappa shape index (κ3) is 2.60. The maximum Gasteiger partial charge on any atom is 0.162 e. The van der Waals surface area contributed by atoms with Crippen molar-refractivity contribution in [2.24, 2.45) is 0 Å². The molecule has 1 aromatic heterocycles. The highest BCUT2D eigenvalue weighted by Gasteiger charge is 2.15. The largest absolute Gasteiger partial charge is 0.383 e. The van der Waals surface area contributed by atoms with Crippen molar-refractivity contribution in [3.05, 3.63) is 51.7 Å². The van der Waals surface area contributed by atoms with Crippen LogP contribution in [0.2, 0.25) is 0 Å². The summed E-state index contributed by atoms with van der Waals surface area (Å²) >= 11 is 2.22. The number of anilines is 1. The van der Waals surface area contributed by atoms with Crippen LogP contribution in [0.15, 0.2) is 42.5 Å². The fraction of sp³-hybridized carbons (Fsp3) is 0.176. The van der Waals surface area contributed by atoms with Gasteiger partial charge in [0.15, 0.2) is 5.82 Å². The molecule has 2 N–H and O–H groups in total. The van der Waals surface area contributed by atoms with Crippen LogP contribution in [-0.2, 0) is 0 Å². The topological polar surface area (TPSA) is 51.8 Å². The van der Waals surface area contributed by atoms with E-state index in [1.54, 1.807) is 0 Å². The van der Waals surface area contributed by atoms with Gasteiger partial charge in [-0.1, -0.05) is 56.3 Å². The summed E-state index contributed by atoms with van der Waals surface area (Å²) < 4.78 is 0.951. The highest BCUT2D eigenvalue weighted by Crippen LogP contribution is 2.30. The number of hydrogen-bond acceptors (Lipinski definition) is 3. The van der Waals surface area contributed by atoms with Crippen molar-refractivity contribution >= 4 is 39.2 Å². The zero-order chi connectivity index (χ0) is 15.0. The molecule has 21 heavy (non-hydrogen) atoms. The molecule has 0 spiro atoms. The summed E-state index contributed by atoms with van der Waals surface area (Å²) in [7, 11) is 0. The van der Waals surface area contributed by atoms with E-state index in [-0.39, 0.29) is 0 Å². The van der Waals surface area contributed by atoms with Crippen molar-refractivity contribution in [2.45, 2.75) is 19.8 Å². The van der Waals surface area contributed by atoms with E-state index < -0.39 is 0 Å². The Hall–Kier alpha value is -1.69. The minimum Gasteiger partial charge on any atom is -0.383 e. The first-order valence-corrected chi connectivity index (χ1v) is 7.97. The molecule has 0 aliphatic rings. The molecule has 0 bridgehead atoms. The van der Waals surface area contributed by atoms with Crippen LogP contribution in [0.25, 0.3) is 22.2 Å². The molecule has 0 fully saturated rings. The summed E-state index contributed by atoms with van der Waals surface area (Å²) in [5, 5.41) is 2.33. The van der Waals surface area contributed by atoms with Gasteiger partial charge in [0, 0.05) is 5.56 Å². The van der Waals surface area contributed by atoms with Gasteiger partial charge in [-0.05, 0) is 39.3 Å². The number of hydrogen-bond donors (Lipinski definition) is 1. The van der Waals surface area contributed by atoms with Gasteiger partial charge in [-0.25, -0.2) is 9.97 Å². The van der Waals surface area contributed by atoms with E-state index in [2.05, 4.69) is 59.6 Å². The summed E-state index contributed by atoms with van der Waals surface area (Å²) in [5.41, 5.74) is 8.11. The van der Waals surface area contributed by atoms with Gasteiger partial charge < -0.3 is 5.73 Å². The number of nitrogens with two attached hydrogens (primary N) is 1. The molecular weight excluding hydrogens is 373 g/mol. The molecule has 0 atom stereocenters. The van der Waals surface area contributed by atoms with Crippen molar-refractivity contribution in [2.75, 3.05) is 5.73 Å². The molecule has 0 saturated carbocycles. The Morgan fingerprint density at radius 1 is 1.00 bits per heavy atom. The lowest BCUT2D eigenvalue weighted by atomic mass is 10.0. The van der Waals surface area contributed by atoms with Crippen LogP contribution in [0, 0.1) is 3.57 Å². The van der Waals surface area contributed by atoms with Gasteiger partial charge in [0.05, 0.1) is 9.26 Å². The number of aromatic nitrogens is 2. The lowest BCUT2D eigenvalue weighted by molar-refractivity contribution is 0.810. The fourth-order valence-corrected chi connectivity index (χ4v) is 3.27. The predicted molar refractivity (Wildman–Crippen MR) is 96.2 cm³/mol. The van der Waals surface area contributed by atoms with Crippen molar-refractivity contribution in [1.82, 2.24) is 9.97 Å². The van der Waals surface area contributed by atoms with Crippen LogP contribution in [0.5, 0.6) is 0 Å². The molecule has 1 heterocycles. The maximum atomic E-state index is 6.08. The first-order valence-electron chi connectivity index (χ1n) is 6.89. The van der Waals surface area contributed by atoms with E-state index in [9.17, 15) is 0 Å². The highest BCUT2D eigenvalue weighted by atomic mass is 127. The van der Waals surface area contributed by atoms with E-state index in [0.717, 1.165) is 20.2 Å². The Bertz CT molecular complexity index is 807. The van der Waals surface area contributed by atoms with Gasteiger partial charge in [0.1, 0.15) is 5.82 Å². The van der Waals surface area contributed by atoms with Crippen LogP contribution >= 0.6 is 22.6 Å². The number of fused-ring (bicyclic) bond motifs is 1. The molecule has 0 saturated heterocycles. The Morgan fingerprint density at radius 2 is 1.71 bits per heavy atom. The number of nitrogens with zero attached hydrogens (tertiary/aromatic N) is 2. The van der Waals surface area contributed by atoms with Gasteiger partial charge >= 0.3 is 0 Å². The monoisotopic (exact) mass is 389 g/mol. The second-order valence-corrected chi connectivity index (χ2v) is 6.39. The lowest BCUT2D eigenvalue weighted by Crippen LogP contribution is -2.06. The summed E-state index contributed by atoms with van der Waals surface area (Å²) in [5.74, 6) is 1.57. The van der Waals surface area contributed by atoms with Gasteiger partial charge in [-0.15, -0.1) is 0 Å². The summed E-state index contributed by atoms with van der Waals surface area (Å²) in [6, 6.07) is 14.4. The number of benzene rings is 2.